The first-order valence-electron chi connectivity index (χ1n) is 5.65. The van der Waals surface area contributed by atoms with Gasteiger partial charge in [-0.05, 0) is 12.0 Å². The van der Waals surface area contributed by atoms with Crippen molar-refractivity contribution in [2.45, 2.75) is 39.0 Å². The zero-order chi connectivity index (χ0) is 13.5. The predicted octanol–water partition coefficient (Wildman–Crippen LogP) is 4.53. The summed E-state index contributed by atoms with van der Waals surface area (Å²) in [6.07, 6.45) is -4.55. The van der Waals surface area contributed by atoms with Crippen molar-refractivity contribution in [3.8, 4) is 0 Å². The molecule has 0 amide bonds. The van der Waals surface area contributed by atoms with E-state index in [-0.39, 0.29) is 12.0 Å². The van der Waals surface area contributed by atoms with E-state index >= 15 is 0 Å². The Kier molecular flexibility index (Phi) is 6.24. The van der Waals surface area contributed by atoms with E-state index in [1.165, 1.54) is 19.1 Å². The molecule has 0 aliphatic rings. The molecule has 0 aliphatic heterocycles. The summed E-state index contributed by atoms with van der Waals surface area (Å²) >= 11 is 0. The van der Waals surface area contributed by atoms with Gasteiger partial charge in [-0.25, -0.2) is 0 Å². The molecule has 1 aromatic rings. The molecule has 4 heteroatoms. The molecule has 0 fully saturated rings. The summed E-state index contributed by atoms with van der Waals surface area (Å²) in [4.78, 5) is 0. The maximum Gasteiger partial charge on any atom is 0.421 e. The minimum Gasteiger partial charge on any atom is -0.364 e. The SMILES string of the molecule is CC.CCC(OC)(c1ccccc1)C(F)(F)F. The minimum absolute atomic E-state index is 0.141. The van der Waals surface area contributed by atoms with Crippen LogP contribution in [0.2, 0.25) is 0 Å². The maximum atomic E-state index is 12.9. The standard InChI is InChI=1S/C11H13F3O.C2H6/c1-3-10(15-2,11(12,13)14)9-7-5-4-6-8-9;1-2/h4-8H,3H2,1-2H3;1-2H3. The molecule has 1 unspecified atom stereocenters. The highest BCUT2D eigenvalue weighted by Crippen LogP contribution is 2.44. The predicted molar refractivity (Wildman–Crippen MR) is 62.8 cm³/mol. The molecule has 1 nitrogen and oxygen atoms in total. The van der Waals surface area contributed by atoms with Crippen LogP contribution in [-0.2, 0) is 10.3 Å². The van der Waals surface area contributed by atoms with Gasteiger partial charge in [0.15, 0.2) is 5.60 Å². The van der Waals surface area contributed by atoms with Crippen molar-refractivity contribution in [3.05, 3.63) is 35.9 Å². The van der Waals surface area contributed by atoms with Gasteiger partial charge in [0.25, 0.3) is 0 Å². The molecule has 0 aliphatic carbocycles. The topological polar surface area (TPSA) is 9.23 Å². The number of hydrogen-bond acceptors (Lipinski definition) is 1. The van der Waals surface area contributed by atoms with Crippen LogP contribution in [0.25, 0.3) is 0 Å². The number of ether oxygens (including phenoxy) is 1. The van der Waals surface area contributed by atoms with Gasteiger partial charge in [-0.2, -0.15) is 13.2 Å². The lowest BCUT2D eigenvalue weighted by Crippen LogP contribution is -2.43. The highest BCUT2D eigenvalue weighted by Gasteiger charge is 2.55. The molecule has 0 saturated carbocycles. The quantitative estimate of drug-likeness (QED) is 0.763. The zero-order valence-electron chi connectivity index (χ0n) is 10.6. The molecular weight excluding hydrogens is 229 g/mol. The summed E-state index contributed by atoms with van der Waals surface area (Å²) in [5.41, 5.74) is -2.05. The van der Waals surface area contributed by atoms with E-state index in [9.17, 15) is 13.2 Å². The Morgan fingerprint density at radius 2 is 1.53 bits per heavy atom. The Bertz CT molecular complexity index is 302. The number of alkyl halides is 3. The van der Waals surface area contributed by atoms with E-state index < -0.39 is 11.8 Å². The van der Waals surface area contributed by atoms with Crippen molar-refractivity contribution in [2.24, 2.45) is 0 Å². The first-order chi connectivity index (χ1) is 7.98. The zero-order valence-corrected chi connectivity index (χ0v) is 10.6. The van der Waals surface area contributed by atoms with Crippen LogP contribution in [0, 0.1) is 0 Å². The van der Waals surface area contributed by atoms with Crippen molar-refractivity contribution >= 4 is 0 Å². The van der Waals surface area contributed by atoms with Crippen LogP contribution in [0.1, 0.15) is 32.8 Å². The number of rotatable bonds is 3. The van der Waals surface area contributed by atoms with Gasteiger partial charge >= 0.3 is 6.18 Å². The van der Waals surface area contributed by atoms with Crippen LogP contribution in [-0.4, -0.2) is 13.3 Å². The molecule has 0 aromatic heterocycles. The second-order valence-electron chi connectivity index (χ2n) is 3.25. The summed E-state index contributed by atoms with van der Waals surface area (Å²) in [6.45, 7) is 5.46. The van der Waals surface area contributed by atoms with Gasteiger partial charge in [-0.15, -0.1) is 0 Å². The molecule has 0 saturated heterocycles. The van der Waals surface area contributed by atoms with Crippen molar-refractivity contribution in [1.82, 2.24) is 0 Å². The first kappa shape index (κ1) is 16.0. The van der Waals surface area contributed by atoms with E-state index in [4.69, 9.17) is 4.74 Å². The van der Waals surface area contributed by atoms with Gasteiger partial charge in [0.2, 0.25) is 0 Å². The van der Waals surface area contributed by atoms with Crippen LogP contribution in [0.3, 0.4) is 0 Å². The highest BCUT2D eigenvalue weighted by atomic mass is 19.4. The van der Waals surface area contributed by atoms with Crippen LogP contribution in [0.4, 0.5) is 13.2 Å². The van der Waals surface area contributed by atoms with Crippen molar-refractivity contribution in [3.63, 3.8) is 0 Å². The third-order valence-electron chi connectivity index (χ3n) is 2.54. The Labute approximate surface area is 101 Å². The third kappa shape index (κ3) is 3.22. The molecule has 0 radical (unpaired) electrons. The van der Waals surface area contributed by atoms with Crippen molar-refractivity contribution in [2.75, 3.05) is 7.11 Å². The van der Waals surface area contributed by atoms with E-state index in [1.54, 1.807) is 18.2 Å². The van der Waals surface area contributed by atoms with Crippen LogP contribution < -0.4 is 0 Å². The molecular formula is C13H19F3O. The van der Waals surface area contributed by atoms with E-state index in [0.29, 0.717) is 0 Å². The fourth-order valence-electron chi connectivity index (χ4n) is 1.65. The van der Waals surface area contributed by atoms with Gasteiger partial charge in [0, 0.05) is 7.11 Å². The van der Waals surface area contributed by atoms with Gasteiger partial charge in [0.05, 0.1) is 0 Å². The summed E-state index contributed by atoms with van der Waals surface area (Å²) in [5.74, 6) is 0. The average molecular weight is 248 g/mol. The van der Waals surface area contributed by atoms with Crippen LogP contribution in [0.5, 0.6) is 0 Å². The Morgan fingerprint density at radius 1 is 1.06 bits per heavy atom. The van der Waals surface area contributed by atoms with Crippen LogP contribution >= 0.6 is 0 Å². The van der Waals surface area contributed by atoms with Crippen molar-refractivity contribution < 1.29 is 17.9 Å². The molecule has 0 N–H and O–H groups in total. The van der Waals surface area contributed by atoms with Gasteiger partial charge in [-0.1, -0.05) is 51.1 Å². The summed E-state index contributed by atoms with van der Waals surface area (Å²) in [6, 6.07) is 7.69. The molecule has 1 rings (SSSR count). The maximum absolute atomic E-state index is 12.9. The monoisotopic (exact) mass is 248 g/mol. The van der Waals surface area contributed by atoms with Gasteiger partial charge in [0.1, 0.15) is 0 Å². The number of hydrogen-bond donors (Lipinski definition) is 0. The lowest BCUT2D eigenvalue weighted by Gasteiger charge is -2.33. The molecule has 0 heterocycles. The molecule has 0 spiro atoms. The Morgan fingerprint density at radius 3 is 1.82 bits per heavy atom. The number of benzene rings is 1. The Hall–Kier alpha value is -1.03. The lowest BCUT2D eigenvalue weighted by molar-refractivity contribution is -0.278. The summed E-state index contributed by atoms with van der Waals surface area (Å²) in [7, 11) is 1.09. The fourth-order valence-corrected chi connectivity index (χ4v) is 1.65. The first-order valence-corrected chi connectivity index (χ1v) is 5.65. The summed E-state index contributed by atoms with van der Waals surface area (Å²) < 4.78 is 43.5. The van der Waals surface area contributed by atoms with E-state index in [1.807, 2.05) is 13.8 Å². The van der Waals surface area contributed by atoms with E-state index in [0.717, 1.165) is 7.11 Å². The number of halogens is 3. The normalized spacial score (nSPS) is 14.5. The second-order valence-corrected chi connectivity index (χ2v) is 3.25. The smallest absolute Gasteiger partial charge is 0.364 e. The van der Waals surface area contributed by atoms with Crippen molar-refractivity contribution in [1.29, 1.82) is 0 Å². The third-order valence-corrected chi connectivity index (χ3v) is 2.54. The molecule has 1 atom stereocenters. The van der Waals surface area contributed by atoms with Gasteiger partial charge < -0.3 is 4.74 Å². The largest absolute Gasteiger partial charge is 0.421 e. The van der Waals surface area contributed by atoms with Crippen LogP contribution in [0.15, 0.2) is 30.3 Å². The molecule has 0 bridgehead atoms. The summed E-state index contributed by atoms with van der Waals surface area (Å²) in [5, 5.41) is 0. The number of methoxy groups -OCH3 is 1. The molecule has 98 valence electrons. The molecule has 17 heavy (non-hydrogen) atoms. The van der Waals surface area contributed by atoms with Gasteiger partial charge in [-0.3, -0.25) is 0 Å². The Balaban J connectivity index is 0.00000121. The molecule has 1 aromatic carbocycles. The average Bonchev–Trinajstić information content (AvgIpc) is 2.33. The lowest BCUT2D eigenvalue weighted by atomic mass is 9.90. The second kappa shape index (κ2) is 6.64. The highest BCUT2D eigenvalue weighted by molar-refractivity contribution is 5.24. The fraction of sp³-hybridized carbons (Fsp3) is 0.538. The van der Waals surface area contributed by atoms with E-state index in [2.05, 4.69) is 0 Å². The minimum atomic E-state index is -4.40.